The number of rotatable bonds is 7. The molecule has 10 heteroatoms. The summed E-state index contributed by atoms with van der Waals surface area (Å²) in [6.45, 7) is 0.380. The lowest BCUT2D eigenvalue weighted by atomic mass is 10.2. The predicted octanol–water partition coefficient (Wildman–Crippen LogP) is 1.67. The summed E-state index contributed by atoms with van der Waals surface area (Å²) in [5.41, 5.74) is 5.53. The average molecular weight is 388 g/mol. The molecule has 0 atom stereocenters. The number of nitrogens with one attached hydrogen (secondary N) is 1. The normalized spacial score (nSPS) is 10.6. The first kappa shape index (κ1) is 18.6. The van der Waals surface area contributed by atoms with Gasteiger partial charge >= 0.3 is 0 Å². The maximum atomic E-state index is 12.1. The van der Waals surface area contributed by atoms with Gasteiger partial charge in [0.2, 0.25) is 5.91 Å². The van der Waals surface area contributed by atoms with E-state index in [1.807, 2.05) is 0 Å². The van der Waals surface area contributed by atoms with Gasteiger partial charge in [-0.1, -0.05) is 35.0 Å². The Kier molecular flexibility index (Phi) is 6.47. The Bertz CT molecular complexity index is 766. The minimum atomic E-state index is -0.418. The van der Waals surface area contributed by atoms with Crippen LogP contribution in [0.1, 0.15) is 16.2 Å². The van der Waals surface area contributed by atoms with Gasteiger partial charge in [0.05, 0.1) is 15.8 Å². The number of halogens is 2. The zero-order chi connectivity index (χ0) is 17.7. The fraction of sp³-hybridized carbons (Fsp3) is 0.286. The summed E-state index contributed by atoms with van der Waals surface area (Å²) in [4.78, 5) is 22.9. The topological polar surface area (TPSA) is 103 Å². The number of benzene rings is 1. The van der Waals surface area contributed by atoms with Crippen molar-refractivity contribution in [3.05, 3.63) is 39.6 Å². The largest absolute Gasteiger partial charge is 0.369 e. The molecule has 1 aromatic heterocycles. The summed E-state index contributed by atoms with van der Waals surface area (Å²) in [5.74, 6) is 0.161. The summed E-state index contributed by atoms with van der Waals surface area (Å²) in [6, 6.07) is 4.69. The molecule has 2 rings (SSSR count). The molecular formula is C14H15Cl2N5O2S. The fourth-order valence-electron chi connectivity index (χ4n) is 1.85. The van der Waals surface area contributed by atoms with Crippen LogP contribution in [-0.4, -0.2) is 38.9 Å². The van der Waals surface area contributed by atoms with E-state index in [1.165, 1.54) is 17.8 Å². The monoisotopic (exact) mass is 387 g/mol. The zero-order valence-electron chi connectivity index (χ0n) is 12.8. The lowest BCUT2D eigenvalue weighted by Crippen LogP contribution is -2.26. The summed E-state index contributed by atoms with van der Waals surface area (Å²) in [7, 11) is 1.79. The number of carbonyl (C=O) groups excluding carboxylic acids is 2. The average Bonchev–Trinajstić information content (AvgIpc) is 2.88. The summed E-state index contributed by atoms with van der Waals surface area (Å²) < 4.78 is 1.76. The van der Waals surface area contributed by atoms with Crippen LogP contribution in [0, 0.1) is 0 Å². The second-order valence-electron chi connectivity index (χ2n) is 4.85. The molecule has 3 N–H and O–H groups in total. The molecule has 0 aliphatic rings. The highest BCUT2D eigenvalue weighted by molar-refractivity contribution is 7.99. The maximum Gasteiger partial charge on any atom is 0.251 e. The van der Waals surface area contributed by atoms with Crippen LogP contribution in [0.25, 0.3) is 0 Å². The van der Waals surface area contributed by atoms with Crippen molar-refractivity contribution in [1.82, 2.24) is 20.1 Å². The van der Waals surface area contributed by atoms with Crippen molar-refractivity contribution in [2.24, 2.45) is 12.8 Å². The van der Waals surface area contributed by atoms with Crippen molar-refractivity contribution in [2.45, 2.75) is 11.6 Å². The number of carbonyl (C=O) groups is 2. The molecule has 0 fully saturated rings. The minimum Gasteiger partial charge on any atom is -0.369 e. The van der Waals surface area contributed by atoms with Crippen LogP contribution in [0.2, 0.25) is 10.0 Å². The molecule has 1 aromatic carbocycles. The molecule has 0 aliphatic carbocycles. The standard InChI is InChI=1S/C14H15Cl2N5O2S/c1-21-12(19-20-14(21)24-7-11(17)22)4-5-18-13(23)8-2-3-9(15)10(16)6-8/h2-3,6H,4-5,7H2,1H3,(H2,17,22)(H,18,23). The highest BCUT2D eigenvalue weighted by Gasteiger charge is 2.12. The quantitative estimate of drug-likeness (QED) is 0.703. The Balaban J connectivity index is 1.88. The Labute approximate surface area is 152 Å². The van der Waals surface area contributed by atoms with Gasteiger partial charge in [0.25, 0.3) is 5.91 Å². The van der Waals surface area contributed by atoms with Gasteiger partial charge in [-0.2, -0.15) is 0 Å². The summed E-state index contributed by atoms with van der Waals surface area (Å²) >= 11 is 12.9. The molecule has 0 radical (unpaired) electrons. The van der Waals surface area contributed by atoms with Gasteiger partial charge in [-0.3, -0.25) is 9.59 Å². The molecule has 0 saturated carbocycles. The molecular weight excluding hydrogens is 373 g/mol. The first-order chi connectivity index (χ1) is 11.4. The van der Waals surface area contributed by atoms with E-state index in [2.05, 4.69) is 15.5 Å². The van der Waals surface area contributed by atoms with Crippen molar-refractivity contribution < 1.29 is 9.59 Å². The number of hydrogen-bond donors (Lipinski definition) is 2. The van der Waals surface area contributed by atoms with E-state index in [0.29, 0.717) is 39.6 Å². The number of amides is 2. The van der Waals surface area contributed by atoms with Crippen LogP contribution < -0.4 is 11.1 Å². The van der Waals surface area contributed by atoms with E-state index in [1.54, 1.807) is 23.7 Å². The van der Waals surface area contributed by atoms with E-state index in [4.69, 9.17) is 28.9 Å². The summed E-state index contributed by atoms with van der Waals surface area (Å²) in [6.07, 6.45) is 0.494. The first-order valence-electron chi connectivity index (χ1n) is 6.91. The number of hydrogen-bond acceptors (Lipinski definition) is 5. The van der Waals surface area contributed by atoms with Crippen molar-refractivity contribution >= 4 is 46.8 Å². The minimum absolute atomic E-state index is 0.139. The highest BCUT2D eigenvalue weighted by Crippen LogP contribution is 2.22. The zero-order valence-corrected chi connectivity index (χ0v) is 15.1. The van der Waals surface area contributed by atoms with Crippen LogP contribution in [0.15, 0.2) is 23.4 Å². The molecule has 7 nitrogen and oxygen atoms in total. The van der Waals surface area contributed by atoms with Gasteiger partial charge < -0.3 is 15.6 Å². The number of nitrogens with two attached hydrogens (primary N) is 1. The van der Waals surface area contributed by atoms with Crippen LogP contribution in [0.4, 0.5) is 0 Å². The van der Waals surface area contributed by atoms with E-state index < -0.39 is 5.91 Å². The highest BCUT2D eigenvalue weighted by atomic mass is 35.5. The molecule has 0 unspecified atom stereocenters. The van der Waals surface area contributed by atoms with E-state index in [9.17, 15) is 9.59 Å². The van der Waals surface area contributed by atoms with E-state index in [-0.39, 0.29) is 11.7 Å². The Morgan fingerprint density at radius 1 is 1.29 bits per heavy atom. The molecule has 2 amide bonds. The van der Waals surface area contributed by atoms with Gasteiger partial charge in [-0.15, -0.1) is 10.2 Å². The molecule has 1 heterocycles. The van der Waals surface area contributed by atoms with Crippen LogP contribution >= 0.6 is 35.0 Å². The van der Waals surface area contributed by atoms with E-state index >= 15 is 0 Å². The van der Waals surface area contributed by atoms with Gasteiger partial charge in [0.1, 0.15) is 5.82 Å². The summed E-state index contributed by atoms with van der Waals surface area (Å²) in [5, 5.41) is 12.1. The third kappa shape index (κ3) is 4.86. The predicted molar refractivity (Wildman–Crippen MR) is 93.4 cm³/mol. The van der Waals surface area contributed by atoms with Crippen molar-refractivity contribution in [2.75, 3.05) is 12.3 Å². The molecule has 0 saturated heterocycles. The van der Waals surface area contributed by atoms with Gasteiger partial charge in [0.15, 0.2) is 5.16 Å². The Hall–Kier alpha value is -1.77. The number of nitrogens with zero attached hydrogens (tertiary/aromatic N) is 3. The van der Waals surface area contributed by atoms with E-state index in [0.717, 1.165) is 0 Å². The molecule has 0 aliphatic heterocycles. The maximum absolute atomic E-state index is 12.1. The van der Waals surface area contributed by atoms with Crippen LogP contribution in [0.5, 0.6) is 0 Å². The Morgan fingerprint density at radius 3 is 2.71 bits per heavy atom. The third-order valence-electron chi connectivity index (χ3n) is 3.08. The molecule has 0 spiro atoms. The number of aromatic nitrogens is 3. The second-order valence-corrected chi connectivity index (χ2v) is 6.60. The fourth-order valence-corrected chi connectivity index (χ4v) is 2.82. The third-order valence-corrected chi connectivity index (χ3v) is 4.87. The molecule has 0 bridgehead atoms. The lowest BCUT2D eigenvalue weighted by molar-refractivity contribution is -0.115. The number of primary amides is 1. The Morgan fingerprint density at radius 2 is 2.04 bits per heavy atom. The first-order valence-corrected chi connectivity index (χ1v) is 8.65. The van der Waals surface area contributed by atoms with Crippen LogP contribution in [-0.2, 0) is 18.3 Å². The lowest BCUT2D eigenvalue weighted by Gasteiger charge is -2.06. The second kappa shape index (κ2) is 8.36. The van der Waals surface area contributed by atoms with Gasteiger partial charge in [-0.05, 0) is 18.2 Å². The molecule has 24 heavy (non-hydrogen) atoms. The SMILES string of the molecule is Cn1c(CCNC(=O)c2ccc(Cl)c(Cl)c2)nnc1SCC(N)=O. The van der Waals surface area contributed by atoms with Crippen molar-refractivity contribution in [3.63, 3.8) is 0 Å². The van der Waals surface area contributed by atoms with Crippen LogP contribution in [0.3, 0.4) is 0 Å². The van der Waals surface area contributed by atoms with Gasteiger partial charge in [-0.25, -0.2) is 0 Å². The molecule has 128 valence electrons. The van der Waals surface area contributed by atoms with Crippen molar-refractivity contribution in [3.8, 4) is 0 Å². The molecule has 2 aromatic rings. The number of thioether (sulfide) groups is 1. The van der Waals surface area contributed by atoms with Crippen molar-refractivity contribution in [1.29, 1.82) is 0 Å². The van der Waals surface area contributed by atoms with Gasteiger partial charge in [0, 0.05) is 25.6 Å². The smallest absolute Gasteiger partial charge is 0.251 e.